The standard InChI is InChI=1S/C18H22N2O3/c1-20(14-7-5-4-6-8-14)18(21)10-9-13-11-16(22-2)17(23-3)12-15(13)19/h4-8,11-12H,9-10,19H2,1-3H3. The fourth-order valence-corrected chi connectivity index (χ4v) is 2.36. The molecule has 0 heterocycles. The van der Waals surface area contributed by atoms with Crippen molar-refractivity contribution in [2.45, 2.75) is 12.8 Å². The molecule has 2 N–H and O–H groups in total. The van der Waals surface area contributed by atoms with Crippen LogP contribution in [0, 0.1) is 0 Å². The Hall–Kier alpha value is -2.69. The Bertz CT molecular complexity index is 671. The van der Waals surface area contributed by atoms with E-state index in [9.17, 15) is 4.79 Å². The smallest absolute Gasteiger partial charge is 0.227 e. The number of rotatable bonds is 6. The van der Waals surface area contributed by atoms with Crippen molar-refractivity contribution in [2.75, 3.05) is 31.9 Å². The van der Waals surface area contributed by atoms with Crippen LogP contribution in [0.5, 0.6) is 11.5 Å². The molecule has 5 nitrogen and oxygen atoms in total. The summed E-state index contributed by atoms with van der Waals surface area (Å²) >= 11 is 0. The summed E-state index contributed by atoms with van der Waals surface area (Å²) < 4.78 is 10.5. The number of ether oxygens (including phenoxy) is 2. The van der Waals surface area contributed by atoms with Crippen LogP contribution in [0.2, 0.25) is 0 Å². The van der Waals surface area contributed by atoms with E-state index in [1.165, 1.54) is 0 Å². The first-order valence-corrected chi connectivity index (χ1v) is 7.38. The monoisotopic (exact) mass is 314 g/mol. The number of para-hydroxylation sites is 1. The van der Waals surface area contributed by atoms with E-state index in [-0.39, 0.29) is 5.91 Å². The van der Waals surface area contributed by atoms with Crippen LogP contribution in [0.1, 0.15) is 12.0 Å². The van der Waals surface area contributed by atoms with Gasteiger partial charge in [-0.15, -0.1) is 0 Å². The number of hydrogen-bond acceptors (Lipinski definition) is 4. The normalized spacial score (nSPS) is 10.2. The zero-order chi connectivity index (χ0) is 16.8. The summed E-state index contributed by atoms with van der Waals surface area (Å²) in [5.74, 6) is 1.23. The lowest BCUT2D eigenvalue weighted by Gasteiger charge is -2.18. The molecule has 0 bridgehead atoms. The third-order valence-corrected chi connectivity index (χ3v) is 3.77. The molecule has 122 valence electrons. The second kappa shape index (κ2) is 7.54. The Labute approximate surface area is 136 Å². The van der Waals surface area contributed by atoms with Crippen LogP contribution < -0.4 is 20.1 Å². The predicted molar refractivity (Wildman–Crippen MR) is 92.1 cm³/mol. The number of benzene rings is 2. The minimum Gasteiger partial charge on any atom is -0.493 e. The second-order valence-electron chi connectivity index (χ2n) is 5.19. The molecule has 5 heteroatoms. The van der Waals surface area contributed by atoms with Crippen LogP contribution in [-0.2, 0) is 11.2 Å². The van der Waals surface area contributed by atoms with E-state index >= 15 is 0 Å². The quantitative estimate of drug-likeness (QED) is 0.833. The Kier molecular flexibility index (Phi) is 5.46. The fraction of sp³-hybridized carbons (Fsp3) is 0.278. The average molecular weight is 314 g/mol. The molecule has 0 fully saturated rings. The molecule has 0 unspecified atom stereocenters. The molecule has 0 atom stereocenters. The molecule has 0 aliphatic rings. The van der Waals surface area contributed by atoms with Crippen molar-refractivity contribution in [3.05, 3.63) is 48.0 Å². The highest BCUT2D eigenvalue weighted by Gasteiger charge is 2.14. The van der Waals surface area contributed by atoms with Crippen molar-refractivity contribution >= 4 is 17.3 Å². The van der Waals surface area contributed by atoms with Gasteiger partial charge in [-0.1, -0.05) is 18.2 Å². The molecule has 0 saturated heterocycles. The Morgan fingerprint density at radius 2 is 1.70 bits per heavy atom. The van der Waals surface area contributed by atoms with E-state index in [2.05, 4.69) is 0 Å². The minimum absolute atomic E-state index is 0.0328. The van der Waals surface area contributed by atoms with Crippen molar-refractivity contribution in [3.63, 3.8) is 0 Å². The summed E-state index contributed by atoms with van der Waals surface area (Å²) in [6.45, 7) is 0. The van der Waals surface area contributed by atoms with Crippen LogP contribution in [0.4, 0.5) is 11.4 Å². The molecular weight excluding hydrogens is 292 g/mol. The summed E-state index contributed by atoms with van der Waals surface area (Å²) in [5, 5.41) is 0. The molecule has 0 radical (unpaired) electrons. The molecule has 0 aliphatic heterocycles. The van der Waals surface area contributed by atoms with E-state index in [0.717, 1.165) is 11.3 Å². The van der Waals surface area contributed by atoms with Crippen LogP contribution in [0.15, 0.2) is 42.5 Å². The first-order valence-electron chi connectivity index (χ1n) is 7.38. The van der Waals surface area contributed by atoms with E-state index in [0.29, 0.717) is 30.0 Å². The van der Waals surface area contributed by atoms with Gasteiger partial charge in [0, 0.05) is 30.9 Å². The molecular formula is C18H22N2O3. The van der Waals surface area contributed by atoms with Gasteiger partial charge in [0.25, 0.3) is 0 Å². The zero-order valence-corrected chi connectivity index (χ0v) is 13.7. The minimum atomic E-state index is 0.0328. The van der Waals surface area contributed by atoms with Crippen molar-refractivity contribution in [3.8, 4) is 11.5 Å². The third kappa shape index (κ3) is 3.94. The fourth-order valence-electron chi connectivity index (χ4n) is 2.36. The molecule has 2 aromatic rings. The molecule has 0 saturated carbocycles. The summed E-state index contributed by atoms with van der Waals surface area (Å²) in [6.07, 6.45) is 0.910. The second-order valence-corrected chi connectivity index (χ2v) is 5.19. The highest BCUT2D eigenvalue weighted by atomic mass is 16.5. The number of carbonyl (C=O) groups excluding carboxylic acids is 1. The number of anilines is 2. The van der Waals surface area contributed by atoms with Crippen LogP contribution in [0.3, 0.4) is 0 Å². The summed E-state index contributed by atoms with van der Waals surface area (Å²) in [6, 6.07) is 13.1. The van der Waals surface area contributed by atoms with Crippen LogP contribution in [-0.4, -0.2) is 27.2 Å². The van der Waals surface area contributed by atoms with Gasteiger partial charge in [-0.3, -0.25) is 4.79 Å². The van der Waals surface area contributed by atoms with E-state index in [1.807, 2.05) is 36.4 Å². The lowest BCUT2D eigenvalue weighted by molar-refractivity contribution is -0.118. The number of carbonyl (C=O) groups is 1. The number of nitrogen functional groups attached to an aromatic ring is 1. The highest BCUT2D eigenvalue weighted by molar-refractivity contribution is 5.92. The van der Waals surface area contributed by atoms with Gasteiger partial charge in [-0.25, -0.2) is 0 Å². The van der Waals surface area contributed by atoms with Gasteiger partial charge in [0.2, 0.25) is 5.91 Å². The Balaban J connectivity index is 2.07. The third-order valence-electron chi connectivity index (χ3n) is 3.77. The topological polar surface area (TPSA) is 64.8 Å². The maximum absolute atomic E-state index is 12.3. The van der Waals surface area contributed by atoms with Gasteiger partial charge in [-0.2, -0.15) is 0 Å². The number of aryl methyl sites for hydroxylation is 1. The SMILES string of the molecule is COc1cc(N)c(CCC(=O)N(C)c2ccccc2)cc1OC. The lowest BCUT2D eigenvalue weighted by atomic mass is 10.1. The molecule has 2 aromatic carbocycles. The van der Waals surface area contributed by atoms with Crippen molar-refractivity contribution in [1.29, 1.82) is 0 Å². The van der Waals surface area contributed by atoms with Crippen LogP contribution >= 0.6 is 0 Å². The number of nitrogens with zero attached hydrogens (tertiary/aromatic N) is 1. The highest BCUT2D eigenvalue weighted by Crippen LogP contribution is 2.32. The van der Waals surface area contributed by atoms with E-state index < -0.39 is 0 Å². The van der Waals surface area contributed by atoms with E-state index in [1.54, 1.807) is 32.2 Å². The van der Waals surface area contributed by atoms with Gasteiger partial charge in [0.05, 0.1) is 14.2 Å². The number of amides is 1. The van der Waals surface area contributed by atoms with Crippen molar-refractivity contribution < 1.29 is 14.3 Å². The summed E-state index contributed by atoms with van der Waals surface area (Å²) in [4.78, 5) is 14.0. The van der Waals surface area contributed by atoms with Gasteiger partial charge in [0.1, 0.15) is 0 Å². The van der Waals surface area contributed by atoms with Crippen LogP contribution in [0.25, 0.3) is 0 Å². The summed E-state index contributed by atoms with van der Waals surface area (Å²) in [7, 11) is 4.91. The number of nitrogens with two attached hydrogens (primary N) is 1. The summed E-state index contributed by atoms with van der Waals surface area (Å²) in [5.41, 5.74) is 8.37. The Morgan fingerprint density at radius 1 is 1.09 bits per heavy atom. The first kappa shape index (κ1) is 16.7. The van der Waals surface area contributed by atoms with Crippen molar-refractivity contribution in [1.82, 2.24) is 0 Å². The van der Waals surface area contributed by atoms with Gasteiger partial charge in [0.15, 0.2) is 11.5 Å². The van der Waals surface area contributed by atoms with E-state index in [4.69, 9.17) is 15.2 Å². The molecule has 2 rings (SSSR count). The first-order chi connectivity index (χ1) is 11.1. The maximum atomic E-state index is 12.3. The van der Waals surface area contributed by atoms with Crippen molar-refractivity contribution in [2.24, 2.45) is 0 Å². The molecule has 0 aromatic heterocycles. The zero-order valence-electron chi connectivity index (χ0n) is 13.7. The number of hydrogen-bond donors (Lipinski definition) is 1. The van der Waals surface area contributed by atoms with Gasteiger partial charge >= 0.3 is 0 Å². The van der Waals surface area contributed by atoms with Gasteiger partial charge in [-0.05, 0) is 30.2 Å². The largest absolute Gasteiger partial charge is 0.493 e. The predicted octanol–water partition coefficient (Wildman–Crippen LogP) is 2.88. The molecule has 0 spiro atoms. The number of methoxy groups -OCH3 is 2. The Morgan fingerprint density at radius 3 is 2.30 bits per heavy atom. The molecule has 1 amide bonds. The maximum Gasteiger partial charge on any atom is 0.227 e. The average Bonchev–Trinajstić information content (AvgIpc) is 2.60. The molecule has 23 heavy (non-hydrogen) atoms. The van der Waals surface area contributed by atoms with Gasteiger partial charge < -0.3 is 20.1 Å². The lowest BCUT2D eigenvalue weighted by Crippen LogP contribution is -2.26. The molecule has 0 aliphatic carbocycles.